The topological polar surface area (TPSA) is 50.8 Å². The summed E-state index contributed by atoms with van der Waals surface area (Å²) >= 11 is 0. The Bertz CT molecular complexity index is 1080. The van der Waals surface area contributed by atoms with Gasteiger partial charge in [-0.1, -0.05) is 42.5 Å². The molecule has 172 valence electrons. The minimum absolute atomic E-state index is 0.0271. The number of aryl methyl sites for hydroxylation is 1. The van der Waals surface area contributed by atoms with Crippen LogP contribution in [-0.2, 0) is 25.9 Å². The molecule has 0 radical (unpaired) electrons. The Balaban J connectivity index is 1.23. The summed E-state index contributed by atoms with van der Waals surface area (Å²) in [5.41, 5.74) is 5.99. The average molecular weight is 445 g/mol. The first-order chi connectivity index (χ1) is 16.2. The number of methoxy groups -OCH3 is 2. The number of ether oxygens (including phenoxy) is 2. The van der Waals surface area contributed by atoms with Crippen LogP contribution in [0.2, 0.25) is 0 Å². The number of carbonyl (C=O) groups excluding carboxylic acids is 1. The zero-order valence-corrected chi connectivity index (χ0v) is 19.5. The number of rotatable bonds is 9. The van der Waals surface area contributed by atoms with Gasteiger partial charge in [0.1, 0.15) is 0 Å². The minimum Gasteiger partial charge on any atom is -0.493 e. The van der Waals surface area contributed by atoms with Gasteiger partial charge in [-0.3, -0.25) is 9.69 Å². The zero-order valence-electron chi connectivity index (χ0n) is 19.5. The summed E-state index contributed by atoms with van der Waals surface area (Å²) in [6, 6.07) is 22.6. The summed E-state index contributed by atoms with van der Waals surface area (Å²) in [5, 5.41) is 3.03. The molecule has 5 heteroatoms. The predicted octanol–water partition coefficient (Wildman–Crippen LogP) is 4.62. The number of fused-ring (bicyclic) bond motifs is 1. The predicted molar refractivity (Wildman–Crippen MR) is 131 cm³/mol. The molecule has 0 saturated heterocycles. The van der Waals surface area contributed by atoms with Crippen LogP contribution in [0, 0.1) is 0 Å². The zero-order chi connectivity index (χ0) is 23.0. The van der Waals surface area contributed by atoms with E-state index in [1.165, 1.54) is 16.7 Å². The van der Waals surface area contributed by atoms with Gasteiger partial charge in [0.2, 0.25) is 0 Å². The molecule has 0 aliphatic carbocycles. The molecule has 1 N–H and O–H groups in total. The molecule has 4 rings (SSSR count). The second kappa shape index (κ2) is 11.0. The molecular formula is C28H32N2O3. The smallest absolute Gasteiger partial charge is 0.251 e. The second-order valence-electron chi connectivity index (χ2n) is 8.48. The van der Waals surface area contributed by atoms with Gasteiger partial charge >= 0.3 is 0 Å². The minimum atomic E-state index is -0.0271. The van der Waals surface area contributed by atoms with Crippen molar-refractivity contribution in [2.24, 2.45) is 0 Å². The van der Waals surface area contributed by atoms with Gasteiger partial charge < -0.3 is 14.8 Å². The summed E-state index contributed by atoms with van der Waals surface area (Å²) in [6.45, 7) is 3.58. The highest BCUT2D eigenvalue weighted by Gasteiger charge is 2.16. The molecule has 5 nitrogen and oxygen atoms in total. The van der Waals surface area contributed by atoms with Crippen LogP contribution in [-0.4, -0.2) is 38.1 Å². The maximum absolute atomic E-state index is 12.5. The lowest BCUT2D eigenvalue weighted by atomic mass is 9.99. The van der Waals surface area contributed by atoms with Gasteiger partial charge in [0.05, 0.1) is 14.2 Å². The number of hydrogen-bond acceptors (Lipinski definition) is 4. The van der Waals surface area contributed by atoms with Crippen molar-refractivity contribution < 1.29 is 14.3 Å². The van der Waals surface area contributed by atoms with Gasteiger partial charge in [0.15, 0.2) is 11.5 Å². The van der Waals surface area contributed by atoms with Crippen LogP contribution in [0.4, 0.5) is 0 Å². The lowest BCUT2D eigenvalue weighted by molar-refractivity contribution is 0.0953. The van der Waals surface area contributed by atoms with Crippen LogP contribution in [0.5, 0.6) is 11.5 Å². The molecule has 0 fully saturated rings. The second-order valence-corrected chi connectivity index (χ2v) is 8.48. The highest BCUT2D eigenvalue weighted by atomic mass is 16.5. The molecule has 1 amide bonds. The summed E-state index contributed by atoms with van der Waals surface area (Å²) in [7, 11) is 3.27. The fourth-order valence-corrected chi connectivity index (χ4v) is 4.34. The van der Waals surface area contributed by atoms with Crippen LogP contribution in [0.1, 0.15) is 39.0 Å². The Hall–Kier alpha value is -3.31. The third-order valence-corrected chi connectivity index (χ3v) is 6.21. The van der Waals surface area contributed by atoms with Crippen molar-refractivity contribution in [2.75, 3.05) is 27.3 Å². The highest BCUT2D eigenvalue weighted by Crippen LogP contribution is 2.28. The van der Waals surface area contributed by atoms with Crippen molar-refractivity contribution >= 4 is 5.91 Å². The van der Waals surface area contributed by atoms with Gasteiger partial charge in [-0.2, -0.15) is 0 Å². The van der Waals surface area contributed by atoms with Crippen LogP contribution >= 0.6 is 0 Å². The summed E-state index contributed by atoms with van der Waals surface area (Å²) in [4.78, 5) is 15.0. The maximum atomic E-state index is 12.5. The van der Waals surface area contributed by atoms with Gasteiger partial charge in [0, 0.05) is 31.7 Å². The molecule has 0 aromatic heterocycles. The van der Waals surface area contributed by atoms with Crippen LogP contribution in [0.3, 0.4) is 0 Å². The fraction of sp³-hybridized carbons (Fsp3) is 0.321. The van der Waals surface area contributed by atoms with Crippen molar-refractivity contribution in [3.63, 3.8) is 0 Å². The van der Waals surface area contributed by atoms with E-state index < -0.39 is 0 Å². The van der Waals surface area contributed by atoms with Crippen molar-refractivity contribution in [1.82, 2.24) is 10.2 Å². The molecule has 3 aromatic rings. The van der Waals surface area contributed by atoms with E-state index in [9.17, 15) is 4.79 Å². The Morgan fingerprint density at radius 1 is 0.909 bits per heavy atom. The monoisotopic (exact) mass is 444 g/mol. The maximum Gasteiger partial charge on any atom is 0.251 e. The van der Waals surface area contributed by atoms with Gasteiger partial charge in [-0.05, 0) is 65.8 Å². The first-order valence-corrected chi connectivity index (χ1v) is 11.5. The third kappa shape index (κ3) is 5.93. The van der Waals surface area contributed by atoms with E-state index in [0.717, 1.165) is 56.0 Å². The van der Waals surface area contributed by atoms with Gasteiger partial charge in [0.25, 0.3) is 5.91 Å². The van der Waals surface area contributed by atoms with Crippen LogP contribution in [0.25, 0.3) is 0 Å². The average Bonchev–Trinajstić information content (AvgIpc) is 2.86. The molecule has 1 aliphatic rings. The molecular weight excluding hydrogens is 412 g/mol. The molecule has 0 unspecified atom stereocenters. The van der Waals surface area contributed by atoms with E-state index in [1.54, 1.807) is 14.2 Å². The first kappa shape index (κ1) is 22.9. The van der Waals surface area contributed by atoms with Crippen molar-refractivity contribution in [3.05, 3.63) is 94.5 Å². The fourth-order valence-electron chi connectivity index (χ4n) is 4.34. The van der Waals surface area contributed by atoms with E-state index in [1.807, 2.05) is 30.3 Å². The normalized spacial score (nSPS) is 13.3. The lowest BCUT2D eigenvalue weighted by Crippen LogP contribution is -2.30. The van der Waals surface area contributed by atoms with E-state index in [2.05, 4.69) is 46.6 Å². The largest absolute Gasteiger partial charge is 0.493 e. The van der Waals surface area contributed by atoms with E-state index in [4.69, 9.17) is 9.47 Å². The standard InChI is InChI=1S/C28H32N2O3/c1-32-26-14-11-21(18-27(26)33-2)6-5-16-29-28(31)24-12-9-22(10-13-24)19-30-17-15-23-7-3-4-8-25(23)20-30/h3-4,7-14,18H,5-6,15-17,19-20H2,1-2H3,(H,29,31). The van der Waals surface area contributed by atoms with Crippen LogP contribution in [0.15, 0.2) is 66.7 Å². The number of amides is 1. The first-order valence-electron chi connectivity index (χ1n) is 11.5. The summed E-state index contributed by atoms with van der Waals surface area (Å²) in [5.74, 6) is 1.43. The summed E-state index contributed by atoms with van der Waals surface area (Å²) in [6.07, 6.45) is 2.81. The molecule has 0 bridgehead atoms. The van der Waals surface area contributed by atoms with E-state index >= 15 is 0 Å². The Labute approximate surface area is 196 Å². The number of hydrogen-bond donors (Lipinski definition) is 1. The Morgan fingerprint density at radius 2 is 1.64 bits per heavy atom. The SMILES string of the molecule is COc1ccc(CCCNC(=O)c2ccc(CN3CCc4ccccc4C3)cc2)cc1OC. The van der Waals surface area contributed by atoms with E-state index in [0.29, 0.717) is 12.1 Å². The Morgan fingerprint density at radius 3 is 2.39 bits per heavy atom. The van der Waals surface area contributed by atoms with Gasteiger partial charge in [-0.25, -0.2) is 0 Å². The summed E-state index contributed by atoms with van der Waals surface area (Å²) < 4.78 is 10.6. The number of carbonyl (C=O) groups is 1. The van der Waals surface area contributed by atoms with Crippen LogP contribution < -0.4 is 14.8 Å². The van der Waals surface area contributed by atoms with E-state index in [-0.39, 0.29) is 5.91 Å². The van der Waals surface area contributed by atoms with Gasteiger partial charge in [-0.15, -0.1) is 0 Å². The number of benzene rings is 3. The quantitative estimate of drug-likeness (QED) is 0.489. The Kier molecular flexibility index (Phi) is 7.63. The molecule has 0 saturated carbocycles. The van der Waals surface area contributed by atoms with Crippen molar-refractivity contribution in [2.45, 2.75) is 32.4 Å². The molecule has 0 atom stereocenters. The number of nitrogens with one attached hydrogen (secondary N) is 1. The molecule has 3 aromatic carbocycles. The number of nitrogens with zero attached hydrogens (tertiary/aromatic N) is 1. The highest BCUT2D eigenvalue weighted by molar-refractivity contribution is 5.94. The molecule has 33 heavy (non-hydrogen) atoms. The van der Waals surface area contributed by atoms with Crippen molar-refractivity contribution in [1.29, 1.82) is 0 Å². The van der Waals surface area contributed by atoms with Crippen molar-refractivity contribution in [3.8, 4) is 11.5 Å². The molecule has 1 heterocycles. The molecule has 1 aliphatic heterocycles. The molecule has 0 spiro atoms. The third-order valence-electron chi connectivity index (χ3n) is 6.21. The lowest BCUT2D eigenvalue weighted by Gasteiger charge is -2.28.